The summed E-state index contributed by atoms with van der Waals surface area (Å²) >= 11 is 3.30. The summed E-state index contributed by atoms with van der Waals surface area (Å²) in [5, 5.41) is 0. The number of halogens is 3. The summed E-state index contributed by atoms with van der Waals surface area (Å²) in [6.45, 7) is 2.09. The third-order valence-electron chi connectivity index (χ3n) is 1.68. The van der Waals surface area contributed by atoms with Crippen molar-refractivity contribution in [3.63, 3.8) is 0 Å². The van der Waals surface area contributed by atoms with Gasteiger partial charge >= 0.3 is 0 Å². The molecule has 0 saturated carbocycles. The van der Waals surface area contributed by atoms with Crippen molar-refractivity contribution in [2.24, 2.45) is 5.73 Å². The lowest BCUT2D eigenvalue weighted by atomic mass is 10.1. The highest BCUT2D eigenvalue weighted by Crippen LogP contribution is 2.21. The van der Waals surface area contributed by atoms with Crippen molar-refractivity contribution in [1.82, 2.24) is 0 Å². The van der Waals surface area contributed by atoms with E-state index in [-0.39, 0.29) is 24.8 Å². The lowest BCUT2D eigenvalue weighted by Crippen LogP contribution is -2.02. The maximum absolute atomic E-state index is 12.9. The predicted octanol–water partition coefficient (Wildman–Crippen LogP) is 2.78. The number of benzene rings is 1. The van der Waals surface area contributed by atoms with Gasteiger partial charge in [-0.15, -0.1) is 12.4 Å². The average Bonchev–Trinajstić information content (AvgIpc) is 1.99. The quantitative estimate of drug-likeness (QED) is 0.819. The van der Waals surface area contributed by atoms with Crippen LogP contribution < -0.4 is 5.73 Å². The third-order valence-corrected chi connectivity index (χ3v) is 2.54. The fraction of sp³-hybridized carbons (Fsp3) is 0.250. The van der Waals surface area contributed by atoms with Gasteiger partial charge in [-0.3, -0.25) is 0 Å². The summed E-state index contributed by atoms with van der Waals surface area (Å²) in [7, 11) is 0. The number of hydrogen-bond acceptors (Lipinski definition) is 1. The minimum atomic E-state index is -0.229. The molecule has 1 aromatic rings. The van der Waals surface area contributed by atoms with Crippen LogP contribution in [-0.4, -0.2) is 0 Å². The highest BCUT2D eigenvalue weighted by molar-refractivity contribution is 9.10. The van der Waals surface area contributed by atoms with Crippen LogP contribution in [0.1, 0.15) is 11.1 Å². The zero-order valence-electron chi connectivity index (χ0n) is 6.60. The minimum absolute atomic E-state index is 0. The second-order valence-electron chi connectivity index (χ2n) is 2.34. The van der Waals surface area contributed by atoms with Crippen LogP contribution in [0.15, 0.2) is 16.6 Å². The number of rotatable bonds is 1. The Hall–Kier alpha value is -0.120. The summed E-state index contributed by atoms with van der Waals surface area (Å²) in [5.74, 6) is -0.229. The van der Waals surface area contributed by atoms with Gasteiger partial charge in [-0.25, -0.2) is 4.39 Å². The molecule has 1 rings (SSSR count). The van der Waals surface area contributed by atoms with Gasteiger partial charge in [0.2, 0.25) is 0 Å². The van der Waals surface area contributed by atoms with E-state index in [2.05, 4.69) is 15.9 Å². The summed E-state index contributed by atoms with van der Waals surface area (Å²) in [6.07, 6.45) is 0. The van der Waals surface area contributed by atoms with Gasteiger partial charge < -0.3 is 5.73 Å². The first kappa shape index (κ1) is 11.9. The Bertz CT molecular complexity index is 278. The van der Waals surface area contributed by atoms with Gasteiger partial charge in [-0.2, -0.15) is 0 Å². The molecule has 1 aromatic carbocycles. The maximum atomic E-state index is 12.9. The second kappa shape index (κ2) is 4.80. The Kier molecular flexibility index (Phi) is 4.75. The van der Waals surface area contributed by atoms with E-state index in [1.54, 1.807) is 6.07 Å². The largest absolute Gasteiger partial charge is 0.326 e. The molecule has 0 fully saturated rings. The smallest absolute Gasteiger partial charge is 0.128 e. The number of hydrogen-bond donors (Lipinski definition) is 1. The zero-order valence-corrected chi connectivity index (χ0v) is 9.01. The van der Waals surface area contributed by atoms with Crippen LogP contribution in [0.2, 0.25) is 0 Å². The van der Waals surface area contributed by atoms with Crippen molar-refractivity contribution in [3.05, 3.63) is 33.5 Å². The second-order valence-corrected chi connectivity index (χ2v) is 3.19. The van der Waals surface area contributed by atoms with Crippen LogP contribution >= 0.6 is 28.3 Å². The number of nitrogens with two attached hydrogens (primary N) is 1. The van der Waals surface area contributed by atoms with Crippen molar-refractivity contribution >= 4 is 28.3 Å². The van der Waals surface area contributed by atoms with Crippen LogP contribution in [0.5, 0.6) is 0 Å². The molecule has 2 N–H and O–H groups in total. The first-order valence-electron chi connectivity index (χ1n) is 3.30. The molecule has 0 aliphatic carbocycles. The molecule has 0 aliphatic rings. The Morgan fingerprint density at radius 2 is 2.08 bits per heavy atom. The summed E-state index contributed by atoms with van der Waals surface area (Å²) < 4.78 is 13.8. The van der Waals surface area contributed by atoms with Crippen molar-refractivity contribution in [3.8, 4) is 0 Å². The lowest BCUT2D eigenvalue weighted by molar-refractivity contribution is 0.608. The third kappa shape index (κ3) is 2.19. The Morgan fingerprint density at radius 3 is 2.50 bits per heavy atom. The van der Waals surface area contributed by atoms with Crippen LogP contribution in [0, 0.1) is 12.7 Å². The van der Waals surface area contributed by atoms with E-state index in [1.807, 2.05) is 6.92 Å². The normalized spacial score (nSPS) is 9.33. The molecule has 0 bridgehead atoms. The monoisotopic (exact) mass is 253 g/mol. The van der Waals surface area contributed by atoms with Gasteiger partial charge in [0.25, 0.3) is 0 Å². The Labute approximate surface area is 85.7 Å². The van der Waals surface area contributed by atoms with E-state index in [1.165, 1.54) is 6.07 Å². The molecule has 1 nitrogen and oxygen atoms in total. The topological polar surface area (TPSA) is 26.0 Å². The van der Waals surface area contributed by atoms with E-state index in [4.69, 9.17) is 5.73 Å². The van der Waals surface area contributed by atoms with Crippen molar-refractivity contribution in [1.29, 1.82) is 0 Å². The fourth-order valence-corrected chi connectivity index (χ4v) is 1.32. The molecular formula is C8H10BrClFN. The highest BCUT2D eigenvalue weighted by Gasteiger charge is 2.05. The Balaban J connectivity index is 0.00000121. The minimum Gasteiger partial charge on any atom is -0.326 e. The molecule has 68 valence electrons. The highest BCUT2D eigenvalue weighted by atomic mass is 79.9. The van der Waals surface area contributed by atoms with Crippen LogP contribution in [-0.2, 0) is 6.54 Å². The van der Waals surface area contributed by atoms with Crippen molar-refractivity contribution in [2.45, 2.75) is 13.5 Å². The summed E-state index contributed by atoms with van der Waals surface area (Å²) in [4.78, 5) is 0. The SMILES string of the molecule is Cc1c(Br)ccc(F)c1CN.Cl. The van der Waals surface area contributed by atoms with Gasteiger partial charge in [0, 0.05) is 16.6 Å². The lowest BCUT2D eigenvalue weighted by Gasteiger charge is -2.05. The van der Waals surface area contributed by atoms with Crippen LogP contribution in [0.4, 0.5) is 4.39 Å². The maximum Gasteiger partial charge on any atom is 0.128 e. The molecule has 0 amide bonds. The van der Waals surface area contributed by atoms with Gasteiger partial charge in [0.1, 0.15) is 5.82 Å². The predicted molar refractivity (Wildman–Crippen MR) is 54.0 cm³/mol. The van der Waals surface area contributed by atoms with Gasteiger partial charge in [-0.1, -0.05) is 15.9 Å². The van der Waals surface area contributed by atoms with E-state index >= 15 is 0 Å². The molecular weight excluding hydrogens is 244 g/mol. The molecule has 0 saturated heterocycles. The standard InChI is InChI=1S/C8H9BrFN.ClH/c1-5-6(4-11)8(10)3-2-7(5)9;/h2-3H,4,11H2,1H3;1H. The molecule has 4 heteroatoms. The van der Waals surface area contributed by atoms with Crippen LogP contribution in [0.25, 0.3) is 0 Å². The fourth-order valence-electron chi connectivity index (χ4n) is 0.946. The summed E-state index contributed by atoms with van der Waals surface area (Å²) in [6, 6.07) is 3.10. The van der Waals surface area contributed by atoms with E-state index in [0.29, 0.717) is 5.56 Å². The molecule has 0 aliphatic heterocycles. The van der Waals surface area contributed by atoms with E-state index < -0.39 is 0 Å². The molecule has 0 aromatic heterocycles. The van der Waals surface area contributed by atoms with Crippen molar-refractivity contribution < 1.29 is 4.39 Å². The van der Waals surface area contributed by atoms with Gasteiger partial charge in [0.15, 0.2) is 0 Å². The average molecular weight is 255 g/mol. The molecule has 0 heterocycles. The first-order chi connectivity index (χ1) is 5.16. The summed E-state index contributed by atoms with van der Waals surface area (Å²) in [5.41, 5.74) is 6.82. The van der Waals surface area contributed by atoms with Gasteiger partial charge in [-0.05, 0) is 24.6 Å². The molecule has 0 spiro atoms. The van der Waals surface area contributed by atoms with E-state index in [9.17, 15) is 4.39 Å². The first-order valence-corrected chi connectivity index (χ1v) is 4.09. The van der Waals surface area contributed by atoms with Crippen molar-refractivity contribution in [2.75, 3.05) is 0 Å². The molecule has 0 unspecified atom stereocenters. The van der Waals surface area contributed by atoms with Crippen LogP contribution in [0.3, 0.4) is 0 Å². The molecule has 12 heavy (non-hydrogen) atoms. The zero-order chi connectivity index (χ0) is 8.43. The van der Waals surface area contributed by atoms with Gasteiger partial charge in [0.05, 0.1) is 0 Å². The molecule has 0 radical (unpaired) electrons. The van der Waals surface area contributed by atoms with E-state index in [0.717, 1.165) is 10.0 Å². The Morgan fingerprint density at radius 1 is 1.50 bits per heavy atom. The molecule has 0 atom stereocenters.